The van der Waals surface area contributed by atoms with Crippen LogP contribution in [0.1, 0.15) is 72.1 Å². The first-order chi connectivity index (χ1) is 22.5. The molecule has 1 unspecified atom stereocenters. The first kappa shape index (κ1) is 34.5. The van der Waals surface area contributed by atoms with Crippen LogP contribution in [0.15, 0.2) is 24.3 Å². The number of amides is 4. The molecule has 2 saturated carbocycles. The van der Waals surface area contributed by atoms with Crippen LogP contribution in [0.4, 0.5) is 5.69 Å². The van der Waals surface area contributed by atoms with E-state index in [9.17, 15) is 29.1 Å². The number of morpholine rings is 1. The Morgan fingerprint density at radius 2 is 1.72 bits per heavy atom. The van der Waals surface area contributed by atoms with Crippen molar-refractivity contribution in [2.45, 2.75) is 102 Å². The van der Waals surface area contributed by atoms with Gasteiger partial charge in [0.1, 0.15) is 35.5 Å². The number of aliphatic carboxylic acids is 1. The first-order valence-electron chi connectivity index (χ1n) is 17.0. The van der Waals surface area contributed by atoms with Gasteiger partial charge in [-0.3, -0.25) is 19.2 Å². The number of anilines is 1. The standard InChI is InChI=1S/C34H49N5O8/c1-21(2)28(36-31(42)29(35-22(3)40)23-8-5-4-6-9-23)32(43)39-20-26(19-27(39)30(41)37-34(12-13-34)33(44)45)47-25-11-7-10-24(18-25)38-14-16-46-17-15-38/h7,10-11,18,21,23,26-29H,4-6,8-9,12-17,19-20H2,1-3H3,(H,35,40)(H,36,42)(H,37,41)(H,44,45)/t26-,27?,28+,29+/m1/s1. The Balaban J connectivity index is 1.35. The molecule has 0 radical (unpaired) electrons. The molecule has 47 heavy (non-hydrogen) atoms. The van der Waals surface area contributed by atoms with Crippen molar-refractivity contribution in [3.8, 4) is 5.75 Å². The van der Waals surface area contributed by atoms with Gasteiger partial charge in [-0.25, -0.2) is 4.79 Å². The molecular formula is C34H49N5O8. The van der Waals surface area contributed by atoms with Crippen LogP contribution in [0.2, 0.25) is 0 Å². The average Bonchev–Trinajstić information content (AvgIpc) is 3.73. The SMILES string of the molecule is CC(=O)N[C@H](C(=O)N[C@H](C(=O)N1C[C@H](Oc2cccc(N3CCOCC3)c2)CC1C(=O)NC1(C(=O)O)CC1)C(C)C)C1CCCCC1. The number of carbonyl (C=O) groups is 5. The topological polar surface area (TPSA) is 167 Å². The summed E-state index contributed by atoms with van der Waals surface area (Å²) in [6.07, 6.45) is 4.89. The number of ether oxygens (including phenoxy) is 2. The maximum Gasteiger partial charge on any atom is 0.329 e. The molecule has 2 aliphatic carbocycles. The molecule has 2 heterocycles. The lowest BCUT2D eigenvalue weighted by Crippen LogP contribution is -2.60. The number of nitrogens with one attached hydrogen (secondary N) is 3. The van der Waals surface area contributed by atoms with Crippen LogP contribution in [-0.2, 0) is 28.7 Å². The van der Waals surface area contributed by atoms with E-state index < -0.39 is 53.5 Å². The van der Waals surface area contributed by atoms with Crippen LogP contribution in [0, 0.1) is 11.8 Å². The monoisotopic (exact) mass is 655 g/mol. The van der Waals surface area contributed by atoms with E-state index in [1.54, 1.807) is 0 Å². The number of benzene rings is 1. The number of carbonyl (C=O) groups excluding carboxylic acids is 4. The Kier molecular flexibility index (Phi) is 10.9. The third-order valence-electron chi connectivity index (χ3n) is 9.86. The predicted molar refractivity (Wildman–Crippen MR) is 173 cm³/mol. The number of hydrogen-bond donors (Lipinski definition) is 4. The predicted octanol–water partition coefficient (Wildman–Crippen LogP) is 1.83. The maximum absolute atomic E-state index is 14.3. The molecule has 0 spiro atoms. The highest BCUT2D eigenvalue weighted by Gasteiger charge is 2.54. The zero-order valence-corrected chi connectivity index (χ0v) is 27.7. The molecule has 0 bridgehead atoms. The fraction of sp³-hybridized carbons (Fsp3) is 0.676. The molecule has 13 heteroatoms. The first-order valence-corrected chi connectivity index (χ1v) is 17.0. The van der Waals surface area contributed by atoms with Crippen molar-refractivity contribution in [2.75, 3.05) is 37.7 Å². The lowest BCUT2D eigenvalue weighted by molar-refractivity contribution is -0.146. The van der Waals surface area contributed by atoms with Gasteiger partial charge in [0.25, 0.3) is 0 Å². The molecular weight excluding hydrogens is 606 g/mol. The van der Waals surface area contributed by atoms with Gasteiger partial charge in [-0.2, -0.15) is 0 Å². The molecule has 4 fully saturated rings. The molecule has 4 atom stereocenters. The van der Waals surface area contributed by atoms with Crippen molar-refractivity contribution in [3.63, 3.8) is 0 Å². The van der Waals surface area contributed by atoms with Gasteiger partial charge in [0, 0.05) is 38.2 Å². The fourth-order valence-corrected chi connectivity index (χ4v) is 7.00. The second-order valence-electron chi connectivity index (χ2n) is 13.8. The average molecular weight is 656 g/mol. The van der Waals surface area contributed by atoms with Crippen molar-refractivity contribution in [2.24, 2.45) is 11.8 Å². The Morgan fingerprint density at radius 1 is 1.02 bits per heavy atom. The molecule has 13 nitrogen and oxygen atoms in total. The van der Waals surface area contributed by atoms with Crippen LogP contribution in [0.3, 0.4) is 0 Å². The molecule has 1 aromatic rings. The summed E-state index contributed by atoms with van der Waals surface area (Å²) in [5.41, 5.74) is -0.341. The molecule has 4 N–H and O–H groups in total. The quantitative estimate of drug-likeness (QED) is 0.263. The normalized spacial score (nSPS) is 23.8. The Morgan fingerprint density at radius 3 is 2.34 bits per heavy atom. The van der Waals surface area contributed by atoms with Gasteiger partial charge in [-0.1, -0.05) is 39.2 Å². The summed E-state index contributed by atoms with van der Waals surface area (Å²) in [6, 6.07) is 4.92. The summed E-state index contributed by atoms with van der Waals surface area (Å²) >= 11 is 0. The maximum atomic E-state index is 14.3. The third kappa shape index (κ3) is 8.35. The molecule has 1 aromatic carbocycles. The van der Waals surface area contributed by atoms with Crippen molar-refractivity contribution < 1.29 is 38.6 Å². The van der Waals surface area contributed by atoms with E-state index in [0.29, 0.717) is 31.8 Å². The van der Waals surface area contributed by atoms with Crippen molar-refractivity contribution in [1.29, 1.82) is 0 Å². The van der Waals surface area contributed by atoms with Crippen LogP contribution >= 0.6 is 0 Å². The number of rotatable bonds is 12. The van der Waals surface area contributed by atoms with Gasteiger partial charge in [0.15, 0.2) is 0 Å². The summed E-state index contributed by atoms with van der Waals surface area (Å²) in [5.74, 6) is -2.62. The third-order valence-corrected chi connectivity index (χ3v) is 9.86. The van der Waals surface area contributed by atoms with Crippen molar-refractivity contribution >= 4 is 35.3 Å². The van der Waals surface area contributed by atoms with Gasteiger partial charge in [0.05, 0.1) is 19.8 Å². The van der Waals surface area contributed by atoms with E-state index in [0.717, 1.165) is 50.9 Å². The summed E-state index contributed by atoms with van der Waals surface area (Å²) in [6.45, 7) is 7.88. The van der Waals surface area contributed by atoms with E-state index in [1.807, 2.05) is 38.1 Å². The van der Waals surface area contributed by atoms with Gasteiger partial charge in [-0.15, -0.1) is 0 Å². The minimum absolute atomic E-state index is 0.0300. The number of hydrogen-bond acceptors (Lipinski definition) is 8. The molecule has 0 aromatic heterocycles. The zero-order valence-electron chi connectivity index (χ0n) is 27.7. The van der Waals surface area contributed by atoms with Crippen LogP contribution in [0.5, 0.6) is 5.75 Å². The number of carboxylic acids is 1. The number of carboxylic acid groups (broad SMARTS) is 1. The van der Waals surface area contributed by atoms with E-state index >= 15 is 0 Å². The zero-order chi connectivity index (χ0) is 33.7. The molecule has 4 amide bonds. The largest absolute Gasteiger partial charge is 0.488 e. The molecule has 258 valence electrons. The van der Waals surface area contributed by atoms with E-state index in [1.165, 1.54) is 11.8 Å². The molecule has 4 aliphatic rings. The van der Waals surface area contributed by atoms with Crippen LogP contribution in [0.25, 0.3) is 0 Å². The van der Waals surface area contributed by atoms with Crippen LogP contribution in [-0.4, -0.2) is 102 Å². The minimum Gasteiger partial charge on any atom is -0.488 e. The highest BCUT2D eigenvalue weighted by Crippen LogP contribution is 2.37. The minimum atomic E-state index is -1.32. The van der Waals surface area contributed by atoms with Crippen molar-refractivity contribution in [3.05, 3.63) is 24.3 Å². The summed E-state index contributed by atoms with van der Waals surface area (Å²) < 4.78 is 11.8. The lowest BCUT2D eigenvalue weighted by Gasteiger charge is -2.34. The van der Waals surface area contributed by atoms with Crippen LogP contribution < -0.4 is 25.6 Å². The fourth-order valence-electron chi connectivity index (χ4n) is 7.00. The lowest BCUT2D eigenvalue weighted by atomic mass is 9.83. The number of nitrogens with zero attached hydrogens (tertiary/aromatic N) is 2. The summed E-state index contributed by atoms with van der Waals surface area (Å²) in [7, 11) is 0. The van der Waals surface area contributed by atoms with Gasteiger partial charge in [0.2, 0.25) is 23.6 Å². The van der Waals surface area contributed by atoms with Crippen molar-refractivity contribution in [1.82, 2.24) is 20.9 Å². The highest BCUT2D eigenvalue weighted by atomic mass is 16.5. The second kappa shape index (κ2) is 14.9. The molecule has 2 saturated heterocycles. The molecule has 5 rings (SSSR count). The summed E-state index contributed by atoms with van der Waals surface area (Å²) in [4.78, 5) is 69.2. The second-order valence-corrected chi connectivity index (χ2v) is 13.8. The highest BCUT2D eigenvalue weighted by molar-refractivity contribution is 5.96. The van der Waals surface area contributed by atoms with Gasteiger partial charge in [-0.05, 0) is 49.7 Å². The van der Waals surface area contributed by atoms with Gasteiger partial charge >= 0.3 is 5.97 Å². The smallest absolute Gasteiger partial charge is 0.329 e. The summed E-state index contributed by atoms with van der Waals surface area (Å²) in [5, 5.41) is 18.1. The van der Waals surface area contributed by atoms with E-state index in [-0.39, 0.29) is 30.7 Å². The number of likely N-dealkylation sites (tertiary alicyclic amines) is 1. The van der Waals surface area contributed by atoms with E-state index in [2.05, 4.69) is 20.9 Å². The Labute approximate surface area is 276 Å². The Bertz CT molecular complexity index is 1320. The van der Waals surface area contributed by atoms with E-state index in [4.69, 9.17) is 9.47 Å². The van der Waals surface area contributed by atoms with Gasteiger partial charge < -0.3 is 40.3 Å². The Hall–Kier alpha value is -3.87. The molecule has 2 aliphatic heterocycles.